The number of halogens is 1. The quantitative estimate of drug-likeness (QED) is 0.860. The number of nitrogens with one attached hydrogen (secondary N) is 1. The van der Waals surface area contributed by atoms with E-state index in [2.05, 4.69) is 18.5 Å². The molecule has 0 aliphatic heterocycles. The molecular weight excluding hydrogens is 245 g/mol. The fourth-order valence-corrected chi connectivity index (χ4v) is 3.61. The summed E-state index contributed by atoms with van der Waals surface area (Å²) in [5, 5.41) is 3.61. The third kappa shape index (κ3) is 3.27. The predicted molar refractivity (Wildman–Crippen MR) is 77.5 cm³/mol. The molecule has 1 aromatic rings. The predicted octanol–water partition coefficient (Wildman–Crippen LogP) is 4.15. The Morgan fingerprint density at radius 2 is 1.89 bits per heavy atom. The summed E-state index contributed by atoms with van der Waals surface area (Å²) in [4.78, 5) is 0. The van der Waals surface area contributed by atoms with Crippen molar-refractivity contribution in [2.24, 2.45) is 0 Å². The van der Waals surface area contributed by atoms with Crippen LogP contribution in [0, 0.1) is 5.82 Å². The molecule has 1 aromatic carbocycles. The molecule has 1 N–H and O–H groups in total. The van der Waals surface area contributed by atoms with Crippen LogP contribution in [0.2, 0.25) is 0 Å². The van der Waals surface area contributed by atoms with Gasteiger partial charge in [0, 0.05) is 17.3 Å². The lowest BCUT2D eigenvalue weighted by molar-refractivity contribution is 0.486. The van der Waals surface area contributed by atoms with Gasteiger partial charge in [0.2, 0.25) is 0 Å². The van der Waals surface area contributed by atoms with Gasteiger partial charge in [0.15, 0.2) is 0 Å². The molecule has 1 nitrogen and oxygen atoms in total. The van der Waals surface area contributed by atoms with Gasteiger partial charge < -0.3 is 5.32 Å². The van der Waals surface area contributed by atoms with Gasteiger partial charge in [0.25, 0.3) is 0 Å². The van der Waals surface area contributed by atoms with Crippen molar-refractivity contribution < 1.29 is 4.39 Å². The summed E-state index contributed by atoms with van der Waals surface area (Å²) in [6.07, 6.45) is 7.56. The second kappa shape index (κ2) is 6.07. The van der Waals surface area contributed by atoms with Crippen LogP contribution >= 0.6 is 11.8 Å². The van der Waals surface area contributed by atoms with Crippen molar-refractivity contribution >= 4 is 11.8 Å². The van der Waals surface area contributed by atoms with Crippen LogP contribution in [0.15, 0.2) is 24.3 Å². The van der Waals surface area contributed by atoms with Crippen molar-refractivity contribution in [2.45, 2.75) is 43.4 Å². The molecule has 1 aliphatic carbocycles. The van der Waals surface area contributed by atoms with E-state index in [9.17, 15) is 4.39 Å². The Hall–Kier alpha value is -0.540. The largest absolute Gasteiger partial charge is 0.309 e. The van der Waals surface area contributed by atoms with E-state index in [0.29, 0.717) is 4.75 Å². The van der Waals surface area contributed by atoms with Gasteiger partial charge in [-0.25, -0.2) is 4.39 Å². The first-order valence-corrected chi connectivity index (χ1v) is 7.92. The highest BCUT2D eigenvalue weighted by molar-refractivity contribution is 8.00. The summed E-state index contributed by atoms with van der Waals surface area (Å²) < 4.78 is 13.3. The molecule has 2 rings (SSSR count). The fraction of sp³-hybridized carbons (Fsp3) is 0.600. The third-order valence-corrected chi connectivity index (χ3v) is 5.47. The first-order chi connectivity index (χ1) is 8.65. The Morgan fingerprint density at radius 1 is 1.28 bits per heavy atom. The highest BCUT2D eigenvalue weighted by Gasteiger charge is 2.32. The van der Waals surface area contributed by atoms with Gasteiger partial charge in [-0.3, -0.25) is 0 Å². The highest BCUT2D eigenvalue weighted by Crippen LogP contribution is 2.39. The summed E-state index contributed by atoms with van der Waals surface area (Å²) in [6, 6.07) is 7.09. The van der Waals surface area contributed by atoms with E-state index in [0.717, 1.165) is 12.1 Å². The van der Waals surface area contributed by atoms with Gasteiger partial charge in [0.1, 0.15) is 5.82 Å². The molecule has 1 aliphatic rings. The average Bonchev–Trinajstić information content (AvgIpc) is 2.86. The van der Waals surface area contributed by atoms with Gasteiger partial charge >= 0.3 is 0 Å². The van der Waals surface area contributed by atoms with E-state index in [1.54, 1.807) is 0 Å². The van der Waals surface area contributed by atoms with Gasteiger partial charge in [-0.15, -0.1) is 0 Å². The first kappa shape index (κ1) is 13.9. The van der Waals surface area contributed by atoms with Crippen LogP contribution in [0.3, 0.4) is 0 Å². The Kier molecular flexibility index (Phi) is 4.68. The van der Waals surface area contributed by atoms with Crippen LogP contribution in [0.1, 0.15) is 44.2 Å². The molecule has 0 spiro atoms. The number of hydrogen-bond acceptors (Lipinski definition) is 2. The summed E-state index contributed by atoms with van der Waals surface area (Å²) in [5.41, 5.74) is 1.16. The van der Waals surface area contributed by atoms with E-state index in [1.807, 2.05) is 23.9 Å². The van der Waals surface area contributed by atoms with Crippen LogP contribution in [-0.4, -0.2) is 17.5 Å². The Labute approximate surface area is 114 Å². The van der Waals surface area contributed by atoms with Crippen LogP contribution < -0.4 is 5.32 Å². The van der Waals surface area contributed by atoms with Crippen molar-refractivity contribution in [3.05, 3.63) is 35.6 Å². The molecule has 1 atom stereocenters. The third-order valence-electron chi connectivity index (χ3n) is 4.05. The van der Waals surface area contributed by atoms with Crippen molar-refractivity contribution in [3.8, 4) is 0 Å². The lowest BCUT2D eigenvalue weighted by Crippen LogP contribution is -2.36. The molecule has 1 unspecified atom stereocenters. The second-order valence-electron chi connectivity index (χ2n) is 5.25. The van der Waals surface area contributed by atoms with E-state index in [4.69, 9.17) is 0 Å². The molecular formula is C15H22FNS. The topological polar surface area (TPSA) is 12.0 Å². The molecule has 0 heterocycles. The van der Waals surface area contributed by atoms with Gasteiger partial charge in [-0.1, -0.05) is 25.0 Å². The molecule has 0 amide bonds. The molecule has 18 heavy (non-hydrogen) atoms. The number of benzene rings is 1. The maximum atomic E-state index is 12.9. The number of rotatable bonds is 5. The van der Waals surface area contributed by atoms with E-state index < -0.39 is 0 Å². The summed E-state index contributed by atoms with van der Waals surface area (Å²) in [6.45, 7) is 3.20. The Bertz CT molecular complexity index is 371. The zero-order valence-electron chi connectivity index (χ0n) is 11.2. The molecule has 0 radical (unpaired) electrons. The van der Waals surface area contributed by atoms with E-state index >= 15 is 0 Å². The maximum absolute atomic E-state index is 12.9. The molecule has 1 saturated carbocycles. The van der Waals surface area contributed by atoms with Crippen LogP contribution in [-0.2, 0) is 0 Å². The molecule has 0 aromatic heterocycles. The summed E-state index contributed by atoms with van der Waals surface area (Å²) in [7, 11) is 0. The monoisotopic (exact) mass is 267 g/mol. The number of hydrogen-bond donors (Lipinski definition) is 1. The van der Waals surface area contributed by atoms with Gasteiger partial charge in [0.05, 0.1) is 0 Å². The lowest BCUT2D eigenvalue weighted by Gasteiger charge is -2.29. The van der Waals surface area contributed by atoms with Crippen LogP contribution in [0.5, 0.6) is 0 Å². The van der Waals surface area contributed by atoms with Crippen molar-refractivity contribution in [3.63, 3.8) is 0 Å². The summed E-state index contributed by atoms with van der Waals surface area (Å²) in [5.74, 6) is -0.165. The van der Waals surface area contributed by atoms with Gasteiger partial charge in [-0.05, 0) is 43.7 Å². The van der Waals surface area contributed by atoms with Crippen molar-refractivity contribution in [1.29, 1.82) is 0 Å². The first-order valence-electron chi connectivity index (χ1n) is 6.69. The molecule has 3 heteroatoms. The SMILES string of the molecule is CSC1(CNC(C)c2ccc(F)cc2)CCCC1. The average molecular weight is 267 g/mol. The smallest absolute Gasteiger partial charge is 0.123 e. The number of thioether (sulfide) groups is 1. The Balaban J connectivity index is 1.91. The normalized spacial score (nSPS) is 19.9. The maximum Gasteiger partial charge on any atom is 0.123 e. The van der Waals surface area contributed by atoms with Gasteiger partial charge in [-0.2, -0.15) is 11.8 Å². The fourth-order valence-electron chi connectivity index (χ4n) is 2.68. The summed E-state index contributed by atoms with van der Waals surface area (Å²) >= 11 is 2.00. The minimum atomic E-state index is -0.165. The minimum absolute atomic E-state index is 0.165. The van der Waals surface area contributed by atoms with Crippen LogP contribution in [0.25, 0.3) is 0 Å². The van der Waals surface area contributed by atoms with Crippen LogP contribution in [0.4, 0.5) is 4.39 Å². The van der Waals surface area contributed by atoms with Crippen molar-refractivity contribution in [2.75, 3.05) is 12.8 Å². The Morgan fingerprint density at radius 3 is 2.44 bits per heavy atom. The molecule has 0 saturated heterocycles. The van der Waals surface area contributed by atoms with E-state index in [-0.39, 0.29) is 11.9 Å². The zero-order chi connectivity index (χ0) is 13.0. The highest BCUT2D eigenvalue weighted by atomic mass is 32.2. The zero-order valence-corrected chi connectivity index (χ0v) is 12.0. The lowest BCUT2D eigenvalue weighted by atomic mass is 10.0. The molecule has 100 valence electrons. The van der Waals surface area contributed by atoms with Crippen molar-refractivity contribution in [1.82, 2.24) is 5.32 Å². The standard InChI is InChI=1S/C15H22FNS/c1-12(13-5-7-14(16)8-6-13)17-11-15(18-2)9-3-4-10-15/h5-8,12,17H,3-4,9-11H2,1-2H3. The molecule has 1 fully saturated rings. The molecule has 0 bridgehead atoms. The van der Waals surface area contributed by atoms with E-state index in [1.165, 1.54) is 37.8 Å². The minimum Gasteiger partial charge on any atom is -0.309 e. The second-order valence-corrected chi connectivity index (χ2v) is 6.52.